The minimum atomic E-state index is 0.0190. The van der Waals surface area contributed by atoms with Gasteiger partial charge in [-0.3, -0.25) is 0 Å². The monoisotopic (exact) mass is 1020 g/mol. The summed E-state index contributed by atoms with van der Waals surface area (Å²) in [6.07, 6.45) is 0. The lowest BCUT2D eigenvalue weighted by Crippen LogP contribution is -2.27. The highest BCUT2D eigenvalue weighted by molar-refractivity contribution is 5.82. The Kier molecular flexibility index (Phi) is 11.6. The van der Waals surface area contributed by atoms with Crippen molar-refractivity contribution in [2.45, 2.75) is 11.8 Å². The normalized spacial score (nSPS) is 13.8. The van der Waals surface area contributed by atoms with Gasteiger partial charge in [0, 0.05) is 45.2 Å². The molecule has 80 heavy (non-hydrogen) atoms. The summed E-state index contributed by atoms with van der Waals surface area (Å²) in [7, 11) is 0. The first-order valence-electron chi connectivity index (χ1n) is 27.4. The summed E-state index contributed by atoms with van der Waals surface area (Å²) in [5.74, 6) is 1.43. The first-order valence-corrected chi connectivity index (χ1v) is 27.4. The van der Waals surface area contributed by atoms with E-state index in [1.54, 1.807) is 0 Å². The van der Waals surface area contributed by atoms with Crippen LogP contribution in [0.2, 0.25) is 0 Å². The Balaban J connectivity index is 0.810. The quantitative estimate of drug-likeness (QED) is 0.137. The summed E-state index contributed by atoms with van der Waals surface area (Å²) in [5.41, 5.74) is 26.9. The van der Waals surface area contributed by atoms with E-state index in [0.717, 1.165) is 78.4 Å². The van der Waals surface area contributed by atoms with Crippen LogP contribution in [0, 0.1) is 0 Å². The molecular formula is C76H50N4. The molecule has 2 atom stereocenters. The van der Waals surface area contributed by atoms with Gasteiger partial charge in [-0.1, -0.05) is 243 Å². The topological polar surface area (TPSA) is 51.6 Å². The Morgan fingerprint density at radius 2 is 0.425 bits per heavy atom. The van der Waals surface area contributed by atoms with E-state index in [1.807, 2.05) is 0 Å². The average Bonchev–Trinajstić information content (AvgIpc) is 3.57. The maximum Gasteiger partial charge on any atom is 0.160 e. The van der Waals surface area contributed by atoms with Crippen LogP contribution in [0.15, 0.2) is 291 Å². The molecule has 374 valence electrons. The Labute approximate surface area is 466 Å². The first kappa shape index (κ1) is 46.8. The lowest BCUT2D eigenvalue weighted by atomic mass is 9.61. The number of rotatable bonds is 10. The van der Waals surface area contributed by atoms with Crippen LogP contribution in [0.1, 0.15) is 45.2 Å². The zero-order valence-corrected chi connectivity index (χ0v) is 43.7. The molecule has 11 aromatic carbocycles. The minimum Gasteiger partial charge on any atom is -0.228 e. The molecule has 13 aromatic rings. The molecule has 0 radical (unpaired) electrons. The van der Waals surface area contributed by atoms with Gasteiger partial charge in [-0.2, -0.15) is 0 Å². The summed E-state index contributed by atoms with van der Waals surface area (Å²) >= 11 is 0. The van der Waals surface area contributed by atoms with Crippen LogP contribution in [-0.4, -0.2) is 19.9 Å². The van der Waals surface area contributed by atoms with Gasteiger partial charge in [-0.25, -0.2) is 19.9 Å². The predicted molar refractivity (Wildman–Crippen MR) is 327 cm³/mol. The van der Waals surface area contributed by atoms with Gasteiger partial charge in [0.1, 0.15) is 0 Å². The van der Waals surface area contributed by atoms with Crippen molar-refractivity contribution in [3.8, 4) is 112 Å². The lowest BCUT2D eigenvalue weighted by Gasteiger charge is -2.42. The van der Waals surface area contributed by atoms with Gasteiger partial charge in [-0.05, 0) is 126 Å². The molecule has 0 saturated carbocycles. The molecule has 2 unspecified atom stereocenters. The number of hydrogen-bond acceptors (Lipinski definition) is 4. The molecule has 0 fully saturated rings. The third-order valence-corrected chi connectivity index (χ3v) is 16.1. The van der Waals surface area contributed by atoms with Crippen LogP contribution in [-0.2, 0) is 0 Å². The fraction of sp³-hybridized carbons (Fsp3) is 0.0263. The third-order valence-electron chi connectivity index (χ3n) is 16.1. The van der Waals surface area contributed by atoms with Crippen LogP contribution >= 0.6 is 0 Å². The van der Waals surface area contributed by atoms with Crippen LogP contribution in [0.4, 0.5) is 0 Å². The number of nitrogens with zero attached hydrogens (tertiary/aromatic N) is 4. The number of hydrogen-bond donors (Lipinski definition) is 0. The Hall–Kier alpha value is -10.4. The van der Waals surface area contributed by atoms with E-state index in [-0.39, 0.29) is 11.8 Å². The molecule has 2 bridgehead atoms. The molecule has 3 aliphatic carbocycles. The van der Waals surface area contributed by atoms with Crippen LogP contribution < -0.4 is 0 Å². The first-order chi connectivity index (χ1) is 39.6. The van der Waals surface area contributed by atoms with Crippen molar-refractivity contribution in [1.82, 2.24) is 19.9 Å². The highest BCUT2D eigenvalue weighted by atomic mass is 14.9. The summed E-state index contributed by atoms with van der Waals surface area (Å²) in [4.78, 5) is 21.5. The Morgan fingerprint density at radius 1 is 0.163 bits per heavy atom. The summed E-state index contributed by atoms with van der Waals surface area (Å²) in [6, 6.07) is 104. The van der Waals surface area contributed by atoms with Gasteiger partial charge in [-0.15, -0.1) is 0 Å². The maximum absolute atomic E-state index is 5.41. The molecule has 0 saturated heterocycles. The molecule has 0 N–H and O–H groups in total. The van der Waals surface area contributed by atoms with E-state index in [4.69, 9.17) is 19.9 Å². The highest BCUT2D eigenvalue weighted by Gasteiger charge is 2.41. The SMILES string of the molecule is c1ccc(-c2cccc(-c3cccc(-c4cc(-c5ccccc5)nc(-c5ccc6c(c5)C5c7ccccc7C6c6cc(-c7nc(-c8ccccc8)cc(-c8cccc(-c9cccc(-c%10ccccc%10)c9)c8)n7)ccc65)n4)c3)c2)cc1. The average molecular weight is 1020 g/mol. The standard InChI is InChI=1S/C76H50N4/c1-5-19-49(20-6-1)53-27-15-29-55(41-53)57-31-17-33-59(43-57)71-47-69(51-23-9-3-10-24-51)77-75(79-71)61-37-39-65-67(45-61)73-63-35-13-14-36-64(63)74(65)68-46-62(38-40-66(68)73)76-78-70(52-25-11-4-12-26-52)48-72(80-76)60-34-18-32-58(44-60)56-30-16-28-54(42-56)50-21-7-2-8-22-50/h1-48,73-74H. The van der Waals surface area contributed by atoms with Crippen LogP contribution in [0.3, 0.4) is 0 Å². The third kappa shape index (κ3) is 8.61. The molecule has 2 aromatic heterocycles. The molecule has 3 aliphatic rings. The van der Waals surface area contributed by atoms with Crippen molar-refractivity contribution in [2.24, 2.45) is 0 Å². The number of benzene rings is 11. The van der Waals surface area contributed by atoms with Crippen molar-refractivity contribution in [3.05, 3.63) is 325 Å². The molecule has 2 heterocycles. The van der Waals surface area contributed by atoms with Crippen LogP contribution in [0.5, 0.6) is 0 Å². The van der Waals surface area contributed by atoms with Gasteiger partial charge < -0.3 is 0 Å². The summed E-state index contributed by atoms with van der Waals surface area (Å²) in [5, 5.41) is 0. The van der Waals surface area contributed by atoms with Crippen molar-refractivity contribution >= 4 is 0 Å². The lowest BCUT2D eigenvalue weighted by molar-refractivity contribution is 0.754. The Bertz CT molecular complexity index is 4190. The molecule has 0 amide bonds. The summed E-state index contributed by atoms with van der Waals surface area (Å²) in [6.45, 7) is 0. The smallest absolute Gasteiger partial charge is 0.160 e. The second-order valence-corrected chi connectivity index (χ2v) is 20.9. The molecular weight excluding hydrogens is 969 g/mol. The Morgan fingerprint density at radius 3 is 0.787 bits per heavy atom. The molecule has 0 spiro atoms. The zero-order chi connectivity index (χ0) is 52.9. The maximum atomic E-state index is 5.41. The van der Waals surface area contributed by atoms with Gasteiger partial charge in [0.15, 0.2) is 11.6 Å². The number of aromatic nitrogens is 4. The second-order valence-electron chi connectivity index (χ2n) is 20.9. The zero-order valence-electron chi connectivity index (χ0n) is 43.7. The van der Waals surface area contributed by atoms with E-state index in [9.17, 15) is 0 Å². The van der Waals surface area contributed by atoms with Gasteiger partial charge in [0.2, 0.25) is 0 Å². The van der Waals surface area contributed by atoms with Crippen molar-refractivity contribution in [2.75, 3.05) is 0 Å². The van der Waals surface area contributed by atoms with Crippen molar-refractivity contribution in [1.29, 1.82) is 0 Å². The molecule has 16 rings (SSSR count). The minimum absolute atomic E-state index is 0.0190. The van der Waals surface area contributed by atoms with E-state index < -0.39 is 0 Å². The second kappa shape index (κ2) is 19.9. The van der Waals surface area contributed by atoms with E-state index in [2.05, 4.69) is 291 Å². The molecule has 4 nitrogen and oxygen atoms in total. The molecule has 0 aliphatic heterocycles. The van der Waals surface area contributed by atoms with Crippen molar-refractivity contribution in [3.63, 3.8) is 0 Å². The molecule has 4 heteroatoms. The van der Waals surface area contributed by atoms with E-state index in [1.165, 1.54) is 55.6 Å². The van der Waals surface area contributed by atoms with Crippen LogP contribution in [0.25, 0.3) is 112 Å². The van der Waals surface area contributed by atoms with E-state index in [0.29, 0.717) is 11.6 Å². The van der Waals surface area contributed by atoms with Gasteiger partial charge >= 0.3 is 0 Å². The largest absolute Gasteiger partial charge is 0.228 e. The van der Waals surface area contributed by atoms with E-state index >= 15 is 0 Å². The van der Waals surface area contributed by atoms with Gasteiger partial charge in [0.25, 0.3) is 0 Å². The fourth-order valence-electron chi connectivity index (χ4n) is 12.2. The van der Waals surface area contributed by atoms with Gasteiger partial charge in [0.05, 0.1) is 22.8 Å². The highest BCUT2D eigenvalue weighted by Crippen LogP contribution is 2.57. The summed E-state index contributed by atoms with van der Waals surface area (Å²) < 4.78 is 0. The van der Waals surface area contributed by atoms with Crippen molar-refractivity contribution < 1.29 is 0 Å². The predicted octanol–water partition coefficient (Wildman–Crippen LogP) is 18.9. The fourth-order valence-corrected chi connectivity index (χ4v) is 12.2.